The van der Waals surface area contributed by atoms with E-state index in [1.54, 1.807) is 0 Å². The number of hydrogen-bond donors (Lipinski definition) is 1. The molecular formula is C16H17N3O5S. The lowest BCUT2D eigenvalue weighted by Crippen LogP contribution is -2.36. The third-order valence-electron chi connectivity index (χ3n) is 3.66. The highest BCUT2D eigenvalue weighted by Crippen LogP contribution is 2.20. The lowest BCUT2D eigenvalue weighted by atomic mass is 10.2. The van der Waals surface area contributed by atoms with Crippen LogP contribution in [0.2, 0.25) is 0 Å². The van der Waals surface area contributed by atoms with Gasteiger partial charge < -0.3 is 24.1 Å². The summed E-state index contributed by atoms with van der Waals surface area (Å²) in [4.78, 5) is 12.2. The molecule has 1 aromatic carbocycles. The molecule has 0 aliphatic carbocycles. The molecule has 0 amide bonds. The van der Waals surface area contributed by atoms with Crippen molar-refractivity contribution in [3.8, 4) is 0 Å². The molecule has 0 atom stereocenters. The minimum absolute atomic E-state index is 0.0194. The summed E-state index contributed by atoms with van der Waals surface area (Å²) in [5.41, 5.74) is 1.93. The zero-order valence-electron chi connectivity index (χ0n) is 13.3. The highest BCUT2D eigenvalue weighted by atomic mass is 32.1. The summed E-state index contributed by atoms with van der Waals surface area (Å²) < 4.78 is 15.7. The molecule has 0 unspecified atom stereocenters. The number of thiocarbonyl (C=S) groups is 1. The molecule has 1 saturated heterocycles. The molecule has 2 aromatic rings. The van der Waals surface area contributed by atoms with Gasteiger partial charge in [0.2, 0.25) is 0 Å². The minimum Gasteiger partial charge on any atom is -0.463 e. The summed E-state index contributed by atoms with van der Waals surface area (Å²) in [5.74, 6) is 0.00898. The largest absolute Gasteiger partial charge is 0.463 e. The van der Waals surface area contributed by atoms with Crippen molar-refractivity contribution in [3.05, 3.63) is 52.3 Å². The Hall–Kier alpha value is -2.65. The quantitative estimate of drug-likeness (QED) is 0.493. The number of benzene rings is 1. The van der Waals surface area contributed by atoms with Crippen LogP contribution in [0.15, 0.2) is 40.8 Å². The van der Waals surface area contributed by atoms with Crippen LogP contribution in [0.1, 0.15) is 5.76 Å². The maximum absolute atomic E-state index is 10.6. The van der Waals surface area contributed by atoms with E-state index in [9.17, 15) is 10.1 Å². The first-order chi connectivity index (χ1) is 12.1. The van der Waals surface area contributed by atoms with Gasteiger partial charge in [0, 0.05) is 24.5 Å². The van der Waals surface area contributed by atoms with Crippen LogP contribution in [0.4, 0.5) is 17.3 Å². The number of nitro groups is 1. The van der Waals surface area contributed by atoms with Gasteiger partial charge in [0.15, 0.2) is 0 Å². The predicted molar refractivity (Wildman–Crippen MR) is 95.8 cm³/mol. The second-order valence-corrected chi connectivity index (χ2v) is 5.72. The Bertz CT molecular complexity index is 740. The van der Waals surface area contributed by atoms with Gasteiger partial charge in [-0.2, -0.15) is 0 Å². The van der Waals surface area contributed by atoms with E-state index in [0.29, 0.717) is 5.76 Å². The zero-order chi connectivity index (χ0) is 17.6. The van der Waals surface area contributed by atoms with Gasteiger partial charge in [0.1, 0.15) is 17.3 Å². The first kappa shape index (κ1) is 17.2. The van der Waals surface area contributed by atoms with Gasteiger partial charge in [-0.05, 0) is 42.5 Å². The van der Waals surface area contributed by atoms with Crippen LogP contribution in [0.3, 0.4) is 0 Å². The predicted octanol–water partition coefficient (Wildman–Crippen LogP) is 2.94. The number of morpholine rings is 1. The fraction of sp³-hybridized carbons (Fsp3) is 0.312. The Morgan fingerprint density at radius 3 is 2.60 bits per heavy atom. The average molecular weight is 363 g/mol. The Morgan fingerprint density at radius 2 is 1.96 bits per heavy atom. The van der Waals surface area contributed by atoms with Gasteiger partial charge in [-0.15, -0.1) is 0 Å². The van der Waals surface area contributed by atoms with E-state index in [4.69, 9.17) is 26.1 Å². The number of ether oxygens (including phenoxy) is 2. The van der Waals surface area contributed by atoms with Crippen LogP contribution < -0.4 is 10.2 Å². The SMILES string of the molecule is O=[N+]([O-])c1ccc(COC(=S)Nc2ccc(N3CCOCC3)cc2)o1. The molecule has 0 radical (unpaired) electrons. The van der Waals surface area contributed by atoms with Crippen LogP contribution in [-0.4, -0.2) is 36.4 Å². The molecule has 9 heteroatoms. The summed E-state index contributed by atoms with van der Waals surface area (Å²) in [5, 5.41) is 13.7. The van der Waals surface area contributed by atoms with Crippen molar-refractivity contribution in [2.45, 2.75) is 6.61 Å². The van der Waals surface area contributed by atoms with Crippen LogP contribution >= 0.6 is 12.2 Å². The van der Waals surface area contributed by atoms with Crippen LogP contribution in [0.25, 0.3) is 0 Å². The van der Waals surface area contributed by atoms with Crippen molar-refractivity contribution in [1.29, 1.82) is 0 Å². The van der Waals surface area contributed by atoms with Gasteiger partial charge in [0.05, 0.1) is 19.3 Å². The van der Waals surface area contributed by atoms with Crippen molar-refractivity contribution >= 4 is 34.7 Å². The standard InChI is InChI=1S/C16H17N3O5S/c20-19(21)15-6-5-14(24-15)11-23-16(25)17-12-1-3-13(4-2-12)18-7-9-22-10-8-18/h1-6H,7-11H2,(H,17,25). The van der Waals surface area contributed by atoms with Gasteiger partial charge in [-0.1, -0.05) is 0 Å². The maximum Gasteiger partial charge on any atom is 0.433 e. The highest BCUT2D eigenvalue weighted by Gasteiger charge is 2.13. The topological polar surface area (TPSA) is 90.0 Å². The average Bonchev–Trinajstić information content (AvgIpc) is 3.11. The van der Waals surface area contributed by atoms with E-state index >= 15 is 0 Å². The van der Waals surface area contributed by atoms with Gasteiger partial charge in [0.25, 0.3) is 5.17 Å². The molecule has 1 N–H and O–H groups in total. The number of anilines is 2. The van der Waals surface area contributed by atoms with E-state index in [-0.39, 0.29) is 17.7 Å². The van der Waals surface area contributed by atoms with Crippen molar-refractivity contribution in [3.63, 3.8) is 0 Å². The first-order valence-electron chi connectivity index (χ1n) is 7.71. The van der Waals surface area contributed by atoms with Crippen molar-refractivity contribution in [2.24, 2.45) is 0 Å². The molecule has 2 heterocycles. The van der Waals surface area contributed by atoms with Gasteiger partial charge in [-0.3, -0.25) is 10.1 Å². The maximum atomic E-state index is 10.6. The van der Waals surface area contributed by atoms with Crippen molar-refractivity contribution in [1.82, 2.24) is 0 Å². The minimum atomic E-state index is -0.601. The summed E-state index contributed by atoms with van der Waals surface area (Å²) in [6.45, 7) is 3.25. The highest BCUT2D eigenvalue weighted by molar-refractivity contribution is 7.80. The second kappa shape index (κ2) is 7.95. The molecular weight excluding hydrogens is 346 g/mol. The fourth-order valence-electron chi connectivity index (χ4n) is 2.41. The molecule has 3 rings (SSSR count). The first-order valence-corrected chi connectivity index (χ1v) is 8.12. The Morgan fingerprint density at radius 1 is 1.24 bits per heavy atom. The third kappa shape index (κ3) is 4.68. The Labute approximate surface area is 149 Å². The zero-order valence-corrected chi connectivity index (χ0v) is 14.2. The molecule has 1 aliphatic heterocycles. The second-order valence-electron chi connectivity index (χ2n) is 5.34. The molecule has 1 fully saturated rings. The third-order valence-corrected chi connectivity index (χ3v) is 3.88. The number of furan rings is 1. The van der Waals surface area contributed by atoms with E-state index in [1.807, 2.05) is 24.3 Å². The summed E-state index contributed by atoms with van der Waals surface area (Å²) in [7, 11) is 0. The summed E-state index contributed by atoms with van der Waals surface area (Å²) in [6.07, 6.45) is 0. The van der Waals surface area contributed by atoms with Crippen LogP contribution in [0.5, 0.6) is 0 Å². The van der Waals surface area contributed by atoms with Gasteiger partial charge in [-0.25, -0.2) is 0 Å². The van der Waals surface area contributed by atoms with Crippen LogP contribution in [0, 0.1) is 10.1 Å². The number of rotatable bonds is 5. The summed E-state index contributed by atoms with van der Waals surface area (Å²) >= 11 is 5.12. The number of nitrogens with zero attached hydrogens (tertiary/aromatic N) is 2. The van der Waals surface area contributed by atoms with E-state index in [2.05, 4.69) is 10.2 Å². The van der Waals surface area contributed by atoms with Crippen molar-refractivity contribution in [2.75, 3.05) is 36.5 Å². The fourth-order valence-corrected chi connectivity index (χ4v) is 2.59. The molecule has 1 aromatic heterocycles. The number of nitrogens with one attached hydrogen (secondary N) is 1. The Kier molecular flexibility index (Phi) is 5.46. The molecule has 8 nitrogen and oxygen atoms in total. The van der Waals surface area contributed by atoms with Gasteiger partial charge >= 0.3 is 5.88 Å². The number of hydrogen-bond acceptors (Lipinski definition) is 7. The monoisotopic (exact) mass is 363 g/mol. The lowest BCUT2D eigenvalue weighted by Gasteiger charge is -2.28. The lowest BCUT2D eigenvalue weighted by molar-refractivity contribution is -0.402. The van der Waals surface area contributed by atoms with E-state index < -0.39 is 4.92 Å². The smallest absolute Gasteiger partial charge is 0.433 e. The van der Waals surface area contributed by atoms with Crippen molar-refractivity contribution < 1.29 is 18.8 Å². The Balaban J connectivity index is 1.49. The molecule has 0 spiro atoms. The molecule has 25 heavy (non-hydrogen) atoms. The molecule has 0 saturated carbocycles. The van der Waals surface area contributed by atoms with Crippen LogP contribution in [-0.2, 0) is 16.1 Å². The summed E-state index contributed by atoms with van der Waals surface area (Å²) in [6, 6.07) is 10.6. The van der Waals surface area contributed by atoms with E-state index in [0.717, 1.165) is 37.7 Å². The normalized spacial score (nSPS) is 14.2. The molecule has 132 valence electrons. The molecule has 0 bridgehead atoms. The molecule has 1 aliphatic rings. The van der Waals surface area contributed by atoms with E-state index in [1.165, 1.54) is 12.1 Å².